The Balaban J connectivity index is 1.60. The van der Waals surface area contributed by atoms with Crippen LogP contribution in [0.2, 0.25) is 5.02 Å². The number of thiazole rings is 1. The summed E-state index contributed by atoms with van der Waals surface area (Å²) in [6.45, 7) is 2.05. The Kier molecular flexibility index (Phi) is 7.08. The van der Waals surface area contributed by atoms with Gasteiger partial charge >= 0.3 is 5.97 Å². The van der Waals surface area contributed by atoms with Crippen molar-refractivity contribution in [2.24, 2.45) is 4.99 Å². The van der Waals surface area contributed by atoms with E-state index in [0.717, 1.165) is 16.7 Å². The fraction of sp³-hybridized carbons (Fsp3) is 0.138. The molecule has 0 N–H and O–H groups in total. The number of esters is 1. The van der Waals surface area contributed by atoms with Crippen LogP contribution in [-0.2, 0) is 16.1 Å². The molecule has 186 valence electrons. The first kappa shape index (κ1) is 24.7. The van der Waals surface area contributed by atoms with Gasteiger partial charge in [0.1, 0.15) is 12.4 Å². The molecule has 0 spiro atoms. The first-order valence-corrected chi connectivity index (χ1v) is 12.8. The van der Waals surface area contributed by atoms with Crippen LogP contribution in [0.25, 0.3) is 6.08 Å². The monoisotopic (exact) mass is 530 g/mol. The van der Waals surface area contributed by atoms with E-state index >= 15 is 0 Å². The highest BCUT2D eigenvalue weighted by atomic mass is 35.5. The smallest absolute Gasteiger partial charge is 0.338 e. The molecular formula is C29H23ClN2O4S. The first-order chi connectivity index (χ1) is 18.0. The molecule has 0 saturated carbocycles. The molecule has 0 radical (unpaired) electrons. The number of hydrogen-bond donors (Lipinski definition) is 0. The predicted octanol–water partition coefficient (Wildman–Crippen LogP) is 4.64. The van der Waals surface area contributed by atoms with Crippen molar-refractivity contribution < 1.29 is 14.3 Å². The van der Waals surface area contributed by atoms with Crippen LogP contribution in [0.3, 0.4) is 0 Å². The minimum atomic E-state index is -0.640. The summed E-state index contributed by atoms with van der Waals surface area (Å²) in [5, 5.41) is 0.631. The molecule has 1 aliphatic rings. The van der Waals surface area contributed by atoms with Gasteiger partial charge in [-0.05, 0) is 30.7 Å². The van der Waals surface area contributed by atoms with E-state index in [9.17, 15) is 9.59 Å². The average Bonchev–Trinajstić information content (AvgIpc) is 3.22. The maximum absolute atomic E-state index is 13.7. The zero-order chi connectivity index (χ0) is 25.9. The lowest BCUT2D eigenvalue weighted by atomic mass is 9.96. The van der Waals surface area contributed by atoms with Gasteiger partial charge in [0.2, 0.25) is 0 Å². The first-order valence-electron chi connectivity index (χ1n) is 11.6. The molecule has 5 rings (SSSR count). The largest absolute Gasteiger partial charge is 0.488 e. The highest BCUT2D eigenvalue weighted by Gasteiger charge is 2.32. The second-order valence-electron chi connectivity index (χ2n) is 8.40. The number of benzene rings is 3. The predicted molar refractivity (Wildman–Crippen MR) is 144 cm³/mol. The molecular weight excluding hydrogens is 508 g/mol. The second kappa shape index (κ2) is 10.6. The summed E-state index contributed by atoms with van der Waals surface area (Å²) >= 11 is 7.55. The van der Waals surface area contributed by atoms with E-state index in [4.69, 9.17) is 21.1 Å². The Morgan fingerprint density at radius 2 is 1.76 bits per heavy atom. The molecule has 0 saturated heterocycles. The van der Waals surface area contributed by atoms with E-state index < -0.39 is 12.0 Å². The van der Waals surface area contributed by atoms with Crippen LogP contribution in [0.5, 0.6) is 5.75 Å². The number of aromatic nitrogens is 1. The standard InChI is InChI=1S/C29H23ClN2O4S/c1-18-25(28(34)35-2)26(19-10-4-3-5-11-19)32-27(33)24(37-29(32)31-18)16-20-12-7-9-15-23(20)36-17-21-13-6-8-14-22(21)30/h3-16,26H,17H2,1-2H3/b24-16-/t26-/m1/s1. The van der Waals surface area contributed by atoms with Crippen molar-refractivity contribution in [3.8, 4) is 5.75 Å². The minimum absolute atomic E-state index is 0.243. The van der Waals surface area contributed by atoms with Crippen molar-refractivity contribution >= 4 is 35.0 Å². The Morgan fingerprint density at radius 3 is 2.51 bits per heavy atom. The Morgan fingerprint density at radius 1 is 1.05 bits per heavy atom. The molecule has 1 atom stereocenters. The summed E-state index contributed by atoms with van der Waals surface area (Å²) in [4.78, 5) is 31.6. The quantitative estimate of drug-likeness (QED) is 0.341. The van der Waals surface area contributed by atoms with Crippen LogP contribution in [0.15, 0.2) is 99.9 Å². The molecule has 0 fully saturated rings. The number of fused-ring (bicyclic) bond motifs is 1. The zero-order valence-electron chi connectivity index (χ0n) is 20.2. The molecule has 3 aromatic carbocycles. The lowest BCUT2D eigenvalue weighted by Crippen LogP contribution is -2.39. The lowest BCUT2D eigenvalue weighted by Gasteiger charge is -2.24. The summed E-state index contributed by atoms with van der Waals surface area (Å²) in [5.41, 5.74) is 3.04. The normalized spacial score (nSPS) is 15.2. The van der Waals surface area contributed by atoms with Crippen LogP contribution in [0, 0.1) is 0 Å². The Bertz CT molecular complexity index is 1690. The van der Waals surface area contributed by atoms with E-state index in [0.29, 0.717) is 38.0 Å². The number of allylic oxidation sites excluding steroid dienone is 1. The number of carbonyl (C=O) groups is 1. The second-order valence-corrected chi connectivity index (χ2v) is 9.82. The molecule has 8 heteroatoms. The van der Waals surface area contributed by atoms with Gasteiger partial charge in [-0.2, -0.15) is 0 Å². The van der Waals surface area contributed by atoms with Crippen molar-refractivity contribution in [1.82, 2.24) is 4.57 Å². The zero-order valence-corrected chi connectivity index (χ0v) is 21.8. The summed E-state index contributed by atoms with van der Waals surface area (Å²) in [7, 11) is 1.33. The van der Waals surface area contributed by atoms with Crippen LogP contribution < -0.4 is 19.6 Å². The molecule has 37 heavy (non-hydrogen) atoms. The number of nitrogens with zero attached hydrogens (tertiary/aromatic N) is 2. The van der Waals surface area contributed by atoms with Gasteiger partial charge in [0, 0.05) is 16.1 Å². The number of ether oxygens (including phenoxy) is 2. The molecule has 0 amide bonds. The number of hydrogen-bond acceptors (Lipinski definition) is 6. The van der Waals surface area contributed by atoms with Crippen LogP contribution in [-0.4, -0.2) is 17.6 Å². The van der Waals surface area contributed by atoms with E-state index in [1.807, 2.05) is 78.9 Å². The third-order valence-corrected chi connectivity index (χ3v) is 7.44. The highest BCUT2D eigenvalue weighted by Crippen LogP contribution is 2.30. The fourth-order valence-electron chi connectivity index (χ4n) is 4.29. The molecule has 1 aliphatic heterocycles. The van der Waals surface area contributed by atoms with Gasteiger partial charge in [0.05, 0.1) is 29.0 Å². The summed E-state index contributed by atoms with van der Waals surface area (Å²) in [5.74, 6) is 0.113. The molecule has 0 unspecified atom stereocenters. The van der Waals surface area contributed by atoms with Crippen LogP contribution >= 0.6 is 22.9 Å². The molecule has 0 aliphatic carbocycles. The fourth-order valence-corrected chi connectivity index (χ4v) is 5.51. The van der Waals surface area contributed by atoms with E-state index in [-0.39, 0.29) is 5.56 Å². The van der Waals surface area contributed by atoms with E-state index in [2.05, 4.69) is 4.99 Å². The van der Waals surface area contributed by atoms with Crippen molar-refractivity contribution in [3.05, 3.63) is 132 Å². The lowest BCUT2D eigenvalue weighted by molar-refractivity contribution is -0.136. The number of halogens is 1. The van der Waals surface area contributed by atoms with Gasteiger partial charge in [-0.25, -0.2) is 9.79 Å². The van der Waals surface area contributed by atoms with E-state index in [1.165, 1.54) is 18.4 Å². The summed E-state index contributed by atoms with van der Waals surface area (Å²) < 4.78 is 13.2. The van der Waals surface area contributed by atoms with Crippen molar-refractivity contribution in [2.75, 3.05) is 7.11 Å². The number of rotatable bonds is 6. The maximum Gasteiger partial charge on any atom is 0.338 e. The third kappa shape index (κ3) is 4.88. The van der Waals surface area contributed by atoms with Crippen LogP contribution in [0.1, 0.15) is 29.7 Å². The minimum Gasteiger partial charge on any atom is -0.488 e. The number of carbonyl (C=O) groups excluding carboxylic acids is 1. The highest BCUT2D eigenvalue weighted by molar-refractivity contribution is 7.07. The molecule has 1 aromatic heterocycles. The van der Waals surface area contributed by atoms with Gasteiger partial charge in [-0.15, -0.1) is 0 Å². The Hall–Kier alpha value is -3.94. The van der Waals surface area contributed by atoms with Gasteiger partial charge in [0.25, 0.3) is 5.56 Å². The molecule has 4 aromatic rings. The average molecular weight is 531 g/mol. The topological polar surface area (TPSA) is 69.9 Å². The van der Waals surface area contributed by atoms with Gasteiger partial charge in [0.15, 0.2) is 4.80 Å². The number of methoxy groups -OCH3 is 1. The third-order valence-electron chi connectivity index (χ3n) is 6.09. The summed E-state index contributed by atoms with van der Waals surface area (Å²) in [6, 6.07) is 23.8. The number of para-hydroxylation sites is 1. The van der Waals surface area contributed by atoms with Crippen molar-refractivity contribution in [2.45, 2.75) is 19.6 Å². The SMILES string of the molecule is COC(=O)C1=C(C)N=c2s/c(=C\c3ccccc3OCc3ccccc3Cl)c(=O)n2[C@@H]1c1ccccc1. The van der Waals surface area contributed by atoms with Gasteiger partial charge < -0.3 is 9.47 Å². The van der Waals surface area contributed by atoms with E-state index in [1.54, 1.807) is 17.6 Å². The van der Waals surface area contributed by atoms with Gasteiger partial charge in [-0.1, -0.05) is 89.7 Å². The molecule has 0 bridgehead atoms. The van der Waals surface area contributed by atoms with Gasteiger partial charge in [-0.3, -0.25) is 9.36 Å². The maximum atomic E-state index is 13.7. The van der Waals surface area contributed by atoms with Crippen molar-refractivity contribution in [3.63, 3.8) is 0 Å². The molecule has 6 nitrogen and oxygen atoms in total. The van der Waals surface area contributed by atoms with Crippen molar-refractivity contribution in [1.29, 1.82) is 0 Å². The molecule has 2 heterocycles. The Labute approximate surface area is 222 Å². The van der Waals surface area contributed by atoms with Crippen LogP contribution in [0.4, 0.5) is 0 Å². The summed E-state index contributed by atoms with van der Waals surface area (Å²) in [6.07, 6.45) is 1.80.